The average Bonchev–Trinajstić information content (AvgIpc) is 3.14. The van der Waals surface area contributed by atoms with E-state index in [1.54, 1.807) is 0 Å². The first-order chi connectivity index (χ1) is 10.6. The van der Waals surface area contributed by atoms with Crippen LogP contribution in [-0.2, 0) is 14.3 Å². The Morgan fingerprint density at radius 1 is 1.18 bits per heavy atom. The SMILES string of the molecule is Cc1cccc(C)c1N(C(=O)C1CCCC1)C1COC(=O)C1. The molecular formula is C18H23NO3. The lowest BCUT2D eigenvalue weighted by Crippen LogP contribution is -2.44. The third kappa shape index (κ3) is 2.74. The van der Waals surface area contributed by atoms with Gasteiger partial charge in [0.05, 0.1) is 12.5 Å². The van der Waals surface area contributed by atoms with Gasteiger partial charge in [0, 0.05) is 11.6 Å². The molecular weight excluding hydrogens is 278 g/mol. The second-order valence-electron chi connectivity index (χ2n) is 6.47. The number of carbonyl (C=O) groups excluding carboxylic acids is 2. The zero-order chi connectivity index (χ0) is 15.7. The first-order valence-corrected chi connectivity index (χ1v) is 8.13. The summed E-state index contributed by atoms with van der Waals surface area (Å²) in [5.41, 5.74) is 3.11. The molecule has 3 rings (SSSR count). The molecule has 1 unspecified atom stereocenters. The molecule has 22 heavy (non-hydrogen) atoms. The third-order valence-corrected chi connectivity index (χ3v) is 4.83. The van der Waals surface area contributed by atoms with Crippen LogP contribution in [0.25, 0.3) is 0 Å². The Morgan fingerprint density at radius 2 is 1.82 bits per heavy atom. The van der Waals surface area contributed by atoms with Gasteiger partial charge in [0.1, 0.15) is 6.61 Å². The Balaban J connectivity index is 1.98. The van der Waals surface area contributed by atoms with Crippen molar-refractivity contribution in [3.8, 4) is 0 Å². The average molecular weight is 301 g/mol. The maximum Gasteiger partial charge on any atom is 0.308 e. The number of benzene rings is 1. The summed E-state index contributed by atoms with van der Waals surface area (Å²) in [6.45, 7) is 4.36. The van der Waals surface area contributed by atoms with Crippen molar-refractivity contribution < 1.29 is 14.3 Å². The molecule has 1 aliphatic heterocycles. The molecule has 1 aromatic carbocycles. The Labute approximate surface area is 131 Å². The molecule has 1 saturated carbocycles. The van der Waals surface area contributed by atoms with E-state index in [0.29, 0.717) is 13.0 Å². The summed E-state index contributed by atoms with van der Waals surface area (Å²) < 4.78 is 5.13. The van der Waals surface area contributed by atoms with Gasteiger partial charge in [-0.15, -0.1) is 0 Å². The fourth-order valence-electron chi connectivity index (χ4n) is 3.69. The van der Waals surface area contributed by atoms with Gasteiger partial charge >= 0.3 is 5.97 Å². The summed E-state index contributed by atoms with van der Waals surface area (Å²) in [6.07, 6.45) is 4.46. The predicted octanol–water partition coefficient (Wildman–Crippen LogP) is 3.14. The van der Waals surface area contributed by atoms with Crippen LogP contribution >= 0.6 is 0 Å². The Hall–Kier alpha value is -1.84. The summed E-state index contributed by atoms with van der Waals surface area (Å²) in [4.78, 5) is 26.5. The van der Waals surface area contributed by atoms with Crippen LogP contribution in [0.4, 0.5) is 5.69 Å². The smallest absolute Gasteiger partial charge is 0.308 e. The fraction of sp³-hybridized carbons (Fsp3) is 0.556. The van der Waals surface area contributed by atoms with Crippen LogP contribution in [0.2, 0.25) is 0 Å². The molecule has 0 aromatic heterocycles. The lowest BCUT2D eigenvalue weighted by atomic mass is 10.0. The molecule has 2 aliphatic rings. The number of carbonyl (C=O) groups is 2. The molecule has 1 aliphatic carbocycles. The van der Waals surface area contributed by atoms with Crippen molar-refractivity contribution in [3.63, 3.8) is 0 Å². The Kier molecular flexibility index (Phi) is 4.19. The van der Waals surface area contributed by atoms with E-state index in [2.05, 4.69) is 0 Å². The van der Waals surface area contributed by atoms with Gasteiger partial charge in [0.2, 0.25) is 5.91 Å². The van der Waals surface area contributed by atoms with Gasteiger partial charge in [-0.1, -0.05) is 31.0 Å². The number of esters is 1. The van der Waals surface area contributed by atoms with Gasteiger partial charge in [-0.05, 0) is 37.8 Å². The molecule has 0 radical (unpaired) electrons. The van der Waals surface area contributed by atoms with Crippen molar-refractivity contribution in [3.05, 3.63) is 29.3 Å². The summed E-state index contributed by atoms with van der Waals surface area (Å²) in [5, 5.41) is 0. The number of amides is 1. The van der Waals surface area contributed by atoms with Crippen molar-refractivity contribution in [1.29, 1.82) is 0 Å². The van der Waals surface area contributed by atoms with Gasteiger partial charge in [-0.3, -0.25) is 9.59 Å². The summed E-state index contributed by atoms with van der Waals surface area (Å²) in [6, 6.07) is 5.88. The Bertz CT molecular complexity index is 570. The number of cyclic esters (lactones) is 1. The minimum Gasteiger partial charge on any atom is -0.463 e. The number of hydrogen-bond donors (Lipinski definition) is 0. The number of ether oxygens (including phenoxy) is 1. The molecule has 2 fully saturated rings. The predicted molar refractivity (Wildman–Crippen MR) is 84.7 cm³/mol. The molecule has 1 saturated heterocycles. The van der Waals surface area contributed by atoms with E-state index in [-0.39, 0.29) is 23.8 Å². The van der Waals surface area contributed by atoms with Gasteiger partial charge in [0.15, 0.2) is 0 Å². The standard InChI is InChI=1S/C18H23NO3/c1-12-6-5-7-13(2)17(12)19(15-10-16(20)22-11-15)18(21)14-8-3-4-9-14/h5-7,14-15H,3-4,8-11H2,1-2H3. The van der Waals surface area contributed by atoms with Crippen LogP contribution in [0, 0.1) is 19.8 Å². The highest BCUT2D eigenvalue weighted by atomic mass is 16.5. The van der Waals surface area contributed by atoms with Crippen LogP contribution in [0.1, 0.15) is 43.2 Å². The molecule has 1 aromatic rings. The second-order valence-corrected chi connectivity index (χ2v) is 6.47. The molecule has 1 amide bonds. The largest absolute Gasteiger partial charge is 0.463 e. The van der Waals surface area contributed by atoms with Crippen molar-refractivity contribution in [1.82, 2.24) is 0 Å². The summed E-state index contributed by atoms with van der Waals surface area (Å²) in [5.74, 6) is 0.0494. The number of anilines is 1. The highest BCUT2D eigenvalue weighted by molar-refractivity contribution is 5.98. The topological polar surface area (TPSA) is 46.6 Å². The van der Waals surface area contributed by atoms with Crippen molar-refractivity contribution >= 4 is 17.6 Å². The minimum atomic E-state index is -0.208. The molecule has 1 heterocycles. The van der Waals surface area contributed by atoms with Gasteiger partial charge in [-0.25, -0.2) is 0 Å². The van der Waals surface area contributed by atoms with E-state index < -0.39 is 0 Å². The minimum absolute atomic E-state index is 0.0923. The van der Waals surface area contributed by atoms with E-state index in [1.807, 2.05) is 36.9 Å². The fourth-order valence-corrected chi connectivity index (χ4v) is 3.69. The number of hydrogen-bond acceptors (Lipinski definition) is 3. The zero-order valence-electron chi connectivity index (χ0n) is 13.3. The van der Waals surface area contributed by atoms with Crippen LogP contribution < -0.4 is 4.90 Å². The van der Waals surface area contributed by atoms with E-state index >= 15 is 0 Å². The quantitative estimate of drug-likeness (QED) is 0.806. The second kappa shape index (κ2) is 6.11. The number of aryl methyl sites for hydroxylation is 2. The van der Waals surface area contributed by atoms with E-state index in [4.69, 9.17) is 4.74 Å². The normalized spacial score (nSPS) is 21.9. The monoisotopic (exact) mass is 301 g/mol. The van der Waals surface area contributed by atoms with Crippen LogP contribution in [0.3, 0.4) is 0 Å². The van der Waals surface area contributed by atoms with Gasteiger partial charge in [-0.2, -0.15) is 0 Å². The highest BCUT2D eigenvalue weighted by Gasteiger charge is 2.38. The number of rotatable bonds is 3. The molecule has 4 heteroatoms. The van der Waals surface area contributed by atoms with E-state index in [9.17, 15) is 9.59 Å². The van der Waals surface area contributed by atoms with Crippen LogP contribution in [0.5, 0.6) is 0 Å². The lowest BCUT2D eigenvalue weighted by Gasteiger charge is -2.32. The van der Waals surface area contributed by atoms with Crippen molar-refractivity contribution in [2.75, 3.05) is 11.5 Å². The molecule has 0 N–H and O–H groups in total. The zero-order valence-corrected chi connectivity index (χ0v) is 13.3. The third-order valence-electron chi connectivity index (χ3n) is 4.83. The first-order valence-electron chi connectivity index (χ1n) is 8.13. The number of para-hydroxylation sites is 1. The lowest BCUT2D eigenvalue weighted by molar-refractivity contribution is -0.138. The molecule has 0 spiro atoms. The Morgan fingerprint density at radius 3 is 2.36 bits per heavy atom. The van der Waals surface area contributed by atoms with E-state index in [1.165, 1.54) is 0 Å². The molecule has 4 nitrogen and oxygen atoms in total. The summed E-state index contributed by atoms with van der Waals surface area (Å²) in [7, 11) is 0. The van der Waals surface area contributed by atoms with Crippen LogP contribution in [0.15, 0.2) is 18.2 Å². The molecule has 1 atom stereocenters. The molecule has 0 bridgehead atoms. The summed E-state index contributed by atoms with van der Waals surface area (Å²) >= 11 is 0. The first kappa shape index (κ1) is 15.1. The van der Waals surface area contributed by atoms with Gasteiger partial charge in [0.25, 0.3) is 0 Å². The van der Waals surface area contributed by atoms with Crippen LogP contribution in [-0.4, -0.2) is 24.5 Å². The maximum absolute atomic E-state index is 13.1. The number of nitrogens with zero attached hydrogens (tertiary/aromatic N) is 1. The van der Waals surface area contributed by atoms with Crippen molar-refractivity contribution in [2.24, 2.45) is 5.92 Å². The van der Waals surface area contributed by atoms with Gasteiger partial charge < -0.3 is 9.64 Å². The maximum atomic E-state index is 13.1. The highest BCUT2D eigenvalue weighted by Crippen LogP contribution is 2.34. The molecule has 118 valence electrons. The van der Waals surface area contributed by atoms with E-state index in [0.717, 1.165) is 42.5 Å². The van der Waals surface area contributed by atoms with Crippen molar-refractivity contribution in [2.45, 2.75) is 52.0 Å².